The number of nitrogens with zero attached hydrogens (tertiary/aromatic N) is 1. The smallest absolute Gasteiger partial charge is 0.00270 e. The molecule has 0 saturated carbocycles. The van der Waals surface area contributed by atoms with Crippen LogP contribution in [0.2, 0.25) is 0 Å². The van der Waals surface area contributed by atoms with E-state index in [0.717, 1.165) is 6.54 Å². The summed E-state index contributed by atoms with van der Waals surface area (Å²) in [5.74, 6) is 0. The van der Waals surface area contributed by atoms with Crippen LogP contribution in [0.3, 0.4) is 0 Å². The van der Waals surface area contributed by atoms with Crippen molar-refractivity contribution in [1.82, 2.24) is 4.90 Å². The number of hydrogen-bond donors (Lipinski definition) is 1. The van der Waals surface area contributed by atoms with Gasteiger partial charge < -0.3 is 10.6 Å². The third kappa shape index (κ3) is 13.9. The molecule has 0 bridgehead atoms. The van der Waals surface area contributed by atoms with E-state index in [4.69, 9.17) is 5.73 Å². The van der Waals surface area contributed by atoms with Crippen LogP contribution < -0.4 is 5.73 Å². The largest absolute Gasteiger partial charge is 0.330 e. The lowest BCUT2D eigenvalue weighted by Gasteiger charge is -2.26. The maximum Gasteiger partial charge on any atom is 0.00270 e. The van der Waals surface area contributed by atoms with Gasteiger partial charge in [-0.1, -0.05) is 52.9 Å². The molecule has 2 nitrogen and oxygen atoms in total. The molecule has 0 unspecified atom stereocenters. The monoisotopic (exact) mass is 242 g/mol. The predicted octanol–water partition coefficient (Wildman–Crippen LogP) is 3.65. The van der Waals surface area contributed by atoms with Crippen LogP contribution >= 0.6 is 0 Å². The summed E-state index contributed by atoms with van der Waals surface area (Å²) < 4.78 is 0. The molecule has 17 heavy (non-hydrogen) atoms. The van der Waals surface area contributed by atoms with E-state index < -0.39 is 0 Å². The van der Waals surface area contributed by atoms with Crippen molar-refractivity contribution in [1.29, 1.82) is 0 Å². The molecule has 0 radical (unpaired) electrons. The van der Waals surface area contributed by atoms with E-state index in [-0.39, 0.29) is 0 Å². The van der Waals surface area contributed by atoms with Crippen LogP contribution in [0.4, 0.5) is 0 Å². The highest BCUT2D eigenvalue weighted by Gasteiger charge is 2.12. The van der Waals surface area contributed by atoms with E-state index in [1.54, 1.807) is 0 Å². The Bertz CT molecular complexity index is 161. The van der Waals surface area contributed by atoms with Gasteiger partial charge in [-0.25, -0.2) is 0 Å². The maximum atomic E-state index is 5.47. The lowest BCUT2D eigenvalue weighted by molar-refractivity contribution is 0.223. The molecule has 0 amide bonds. The summed E-state index contributed by atoms with van der Waals surface area (Å²) in [6.45, 7) is 10.2. The molecule has 2 heteroatoms. The zero-order valence-electron chi connectivity index (χ0n) is 12.6. The Morgan fingerprint density at radius 2 is 1.29 bits per heavy atom. The minimum absolute atomic E-state index is 0.428. The van der Waals surface area contributed by atoms with E-state index in [1.165, 1.54) is 58.0 Å². The van der Waals surface area contributed by atoms with Crippen molar-refractivity contribution in [3.63, 3.8) is 0 Å². The van der Waals surface area contributed by atoms with Crippen LogP contribution in [-0.4, -0.2) is 31.6 Å². The van der Waals surface area contributed by atoms with Crippen LogP contribution in [0.25, 0.3) is 0 Å². The fourth-order valence-electron chi connectivity index (χ4n) is 2.30. The second-order valence-corrected chi connectivity index (χ2v) is 6.56. The average molecular weight is 242 g/mol. The third-order valence-electron chi connectivity index (χ3n) is 2.99. The minimum Gasteiger partial charge on any atom is -0.330 e. The molecule has 0 heterocycles. The molecule has 0 aromatic heterocycles. The molecule has 0 aromatic rings. The van der Waals surface area contributed by atoms with Crippen LogP contribution in [0, 0.1) is 5.41 Å². The van der Waals surface area contributed by atoms with Gasteiger partial charge in [0, 0.05) is 6.54 Å². The van der Waals surface area contributed by atoms with Crippen molar-refractivity contribution in [3.05, 3.63) is 0 Å². The standard InChI is InChI=1S/C15H34N2/c1-15(2,3)14-17(4)13-11-9-7-5-6-8-10-12-16/h5-14,16H2,1-4H3. The molecule has 0 aliphatic heterocycles. The predicted molar refractivity (Wildman–Crippen MR) is 78.3 cm³/mol. The van der Waals surface area contributed by atoms with Crippen LogP contribution in [-0.2, 0) is 0 Å². The second kappa shape index (κ2) is 9.90. The van der Waals surface area contributed by atoms with Gasteiger partial charge in [-0.2, -0.15) is 0 Å². The highest BCUT2D eigenvalue weighted by atomic mass is 15.1. The quantitative estimate of drug-likeness (QED) is 0.592. The topological polar surface area (TPSA) is 29.3 Å². The molecule has 0 saturated heterocycles. The summed E-state index contributed by atoms with van der Waals surface area (Å²) in [5, 5.41) is 0. The van der Waals surface area contributed by atoms with E-state index in [0.29, 0.717) is 5.41 Å². The van der Waals surface area contributed by atoms with Crippen molar-refractivity contribution < 1.29 is 0 Å². The van der Waals surface area contributed by atoms with Crippen LogP contribution in [0.5, 0.6) is 0 Å². The molecule has 0 rings (SSSR count). The summed E-state index contributed by atoms with van der Waals surface area (Å²) in [6.07, 6.45) is 9.42. The number of rotatable bonds is 10. The normalized spacial score (nSPS) is 12.4. The zero-order valence-corrected chi connectivity index (χ0v) is 12.6. The average Bonchev–Trinajstić information content (AvgIpc) is 2.19. The van der Waals surface area contributed by atoms with Crippen molar-refractivity contribution in [2.45, 2.75) is 65.7 Å². The molecule has 0 fully saturated rings. The molecular formula is C15H34N2. The van der Waals surface area contributed by atoms with Gasteiger partial charge in [0.05, 0.1) is 0 Å². The molecule has 0 aliphatic rings. The summed E-state index contributed by atoms with van der Waals surface area (Å²) in [7, 11) is 2.24. The van der Waals surface area contributed by atoms with E-state index in [2.05, 4.69) is 32.7 Å². The van der Waals surface area contributed by atoms with Gasteiger partial charge in [0.2, 0.25) is 0 Å². The molecule has 0 atom stereocenters. The maximum absolute atomic E-state index is 5.47. The fraction of sp³-hybridized carbons (Fsp3) is 1.00. The van der Waals surface area contributed by atoms with Crippen LogP contribution in [0.15, 0.2) is 0 Å². The fourth-order valence-corrected chi connectivity index (χ4v) is 2.30. The summed E-state index contributed by atoms with van der Waals surface area (Å²) in [4.78, 5) is 2.47. The SMILES string of the molecule is CN(CCCCCCCCCN)CC(C)(C)C. The minimum atomic E-state index is 0.428. The van der Waals surface area contributed by atoms with Gasteiger partial charge in [0.1, 0.15) is 0 Å². The Labute approximate surface area is 109 Å². The lowest BCUT2D eigenvalue weighted by atomic mass is 9.96. The molecule has 0 spiro atoms. The third-order valence-corrected chi connectivity index (χ3v) is 2.99. The van der Waals surface area contributed by atoms with Gasteiger partial charge in [-0.05, 0) is 38.4 Å². The van der Waals surface area contributed by atoms with E-state index in [9.17, 15) is 0 Å². The first kappa shape index (κ1) is 16.9. The summed E-state index contributed by atoms with van der Waals surface area (Å²) in [6, 6.07) is 0. The molecule has 104 valence electrons. The van der Waals surface area contributed by atoms with E-state index in [1.807, 2.05) is 0 Å². The van der Waals surface area contributed by atoms with Gasteiger partial charge in [-0.3, -0.25) is 0 Å². The molecule has 0 aromatic carbocycles. The van der Waals surface area contributed by atoms with Crippen molar-refractivity contribution in [2.75, 3.05) is 26.7 Å². The Balaban J connectivity index is 3.22. The highest BCUT2D eigenvalue weighted by Crippen LogP contribution is 2.14. The Morgan fingerprint density at radius 1 is 0.824 bits per heavy atom. The van der Waals surface area contributed by atoms with Gasteiger partial charge >= 0.3 is 0 Å². The number of unbranched alkanes of at least 4 members (excludes halogenated alkanes) is 6. The van der Waals surface area contributed by atoms with Gasteiger partial charge in [-0.15, -0.1) is 0 Å². The Hall–Kier alpha value is -0.0800. The molecule has 2 N–H and O–H groups in total. The number of nitrogens with two attached hydrogens (primary N) is 1. The Kier molecular flexibility index (Phi) is 9.85. The van der Waals surface area contributed by atoms with Crippen molar-refractivity contribution >= 4 is 0 Å². The van der Waals surface area contributed by atoms with Crippen molar-refractivity contribution in [2.24, 2.45) is 11.1 Å². The second-order valence-electron chi connectivity index (χ2n) is 6.56. The molecular weight excluding hydrogens is 208 g/mol. The van der Waals surface area contributed by atoms with E-state index >= 15 is 0 Å². The summed E-state index contributed by atoms with van der Waals surface area (Å²) in [5.41, 5.74) is 5.90. The van der Waals surface area contributed by atoms with Crippen LogP contribution in [0.1, 0.15) is 65.7 Å². The number of hydrogen-bond acceptors (Lipinski definition) is 2. The zero-order chi connectivity index (χ0) is 13.1. The van der Waals surface area contributed by atoms with Crippen molar-refractivity contribution in [3.8, 4) is 0 Å². The lowest BCUT2D eigenvalue weighted by Crippen LogP contribution is -2.30. The van der Waals surface area contributed by atoms with Gasteiger partial charge in [0.15, 0.2) is 0 Å². The summed E-state index contributed by atoms with van der Waals surface area (Å²) >= 11 is 0. The first-order valence-corrected chi connectivity index (χ1v) is 7.34. The first-order valence-electron chi connectivity index (χ1n) is 7.34. The highest BCUT2D eigenvalue weighted by molar-refractivity contribution is 4.66. The van der Waals surface area contributed by atoms with Gasteiger partial charge in [0.25, 0.3) is 0 Å². The molecule has 0 aliphatic carbocycles. The Morgan fingerprint density at radius 3 is 1.76 bits per heavy atom. The first-order chi connectivity index (χ1) is 7.95.